The molecule has 0 atom stereocenters. The van der Waals surface area contributed by atoms with Gasteiger partial charge in [0.05, 0.1) is 5.69 Å². The third-order valence-electron chi connectivity index (χ3n) is 3.88. The molecule has 2 aromatic carbocycles. The first kappa shape index (κ1) is 14.9. The van der Waals surface area contributed by atoms with Crippen LogP contribution < -0.4 is 5.73 Å². The van der Waals surface area contributed by atoms with Crippen molar-refractivity contribution >= 4 is 5.82 Å². The highest BCUT2D eigenvalue weighted by Gasteiger charge is 2.18. The summed E-state index contributed by atoms with van der Waals surface area (Å²) in [6.07, 6.45) is 0. The summed E-state index contributed by atoms with van der Waals surface area (Å²) in [5.41, 5.74) is 10.2. The number of nitrogens with two attached hydrogens (primary N) is 1. The molecule has 0 saturated carbocycles. The van der Waals surface area contributed by atoms with Crippen molar-refractivity contribution in [3.8, 4) is 23.0 Å². The predicted molar refractivity (Wildman–Crippen MR) is 92.2 cm³/mol. The van der Waals surface area contributed by atoms with Crippen LogP contribution >= 0.6 is 0 Å². The molecule has 2 N–H and O–H groups in total. The van der Waals surface area contributed by atoms with E-state index in [1.54, 1.807) is 4.68 Å². The van der Waals surface area contributed by atoms with Gasteiger partial charge in [-0.25, -0.2) is 4.68 Å². The molecular weight excluding hydrogens is 284 g/mol. The molecule has 0 aliphatic heterocycles. The highest BCUT2D eigenvalue weighted by molar-refractivity contribution is 5.73. The van der Waals surface area contributed by atoms with Crippen LogP contribution in [0.3, 0.4) is 0 Å². The van der Waals surface area contributed by atoms with Gasteiger partial charge in [0.1, 0.15) is 23.1 Å². The van der Waals surface area contributed by atoms with Crippen molar-refractivity contribution in [2.75, 3.05) is 5.73 Å². The fourth-order valence-corrected chi connectivity index (χ4v) is 2.54. The highest BCUT2D eigenvalue weighted by atomic mass is 15.3. The number of anilines is 1. The van der Waals surface area contributed by atoms with Crippen LogP contribution in [-0.2, 0) is 0 Å². The lowest BCUT2D eigenvalue weighted by atomic mass is 10.00. The standard InChI is InChI=1S/C19H18N4/c1-13(2)14-8-10-15(11-9-14)18-17(12-20)19(21)23(22-18)16-6-4-3-5-7-16/h3-11,13H,21H2,1-2H3. The summed E-state index contributed by atoms with van der Waals surface area (Å²) in [7, 11) is 0. The van der Waals surface area contributed by atoms with E-state index in [1.807, 2.05) is 42.5 Å². The molecule has 0 spiro atoms. The number of rotatable bonds is 3. The lowest BCUT2D eigenvalue weighted by Gasteiger charge is -2.05. The van der Waals surface area contributed by atoms with Gasteiger partial charge in [-0.1, -0.05) is 56.3 Å². The second kappa shape index (κ2) is 5.98. The third kappa shape index (κ3) is 2.69. The van der Waals surface area contributed by atoms with Crippen LogP contribution in [0.5, 0.6) is 0 Å². The van der Waals surface area contributed by atoms with Crippen molar-refractivity contribution in [2.24, 2.45) is 0 Å². The Labute approximate surface area is 135 Å². The number of aromatic nitrogens is 2. The molecule has 0 bridgehead atoms. The van der Waals surface area contributed by atoms with E-state index in [0.717, 1.165) is 11.3 Å². The van der Waals surface area contributed by atoms with Crippen LogP contribution in [0.4, 0.5) is 5.82 Å². The van der Waals surface area contributed by atoms with E-state index in [0.29, 0.717) is 23.0 Å². The zero-order chi connectivity index (χ0) is 16.4. The Morgan fingerprint density at radius 1 is 1.04 bits per heavy atom. The first-order valence-corrected chi connectivity index (χ1v) is 7.56. The fourth-order valence-electron chi connectivity index (χ4n) is 2.54. The highest BCUT2D eigenvalue weighted by Crippen LogP contribution is 2.29. The van der Waals surface area contributed by atoms with Gasteiger partial charge in [-0.15, -0.1) is 0 Å². The maximum atomic E-state index is 9.48. The number of para-hydroxylation sites is 1. The Morgan fingerprint density at radius 3 is 2.26 bits per heavy atom. The molecule has 3 aromatic rings. The minimum Gasteiger partial charge on any atom is -0.382 e. The Kier molecular flexibility index (Phi) is 3.86. The van der Waals surface area contributed by atoms with Gasteiger partial charge in [-0.3, -0.25) is 0 Å². The van der Waals surface area contributed by atoms with E-state index in [1.165, 1.54) is 5.56 Å². The van der Waals surface area contributed by atoms with Gasteiger partial charge in [0.15, 0.2) is 0 Å². The average Bonchev–Trinajstić information content (AvgIpc) is 2.92. The average molecular weight is 302 g/mol. The van der Waals surface area contributed by atoms with Gasteiger partial charge < -0.3 is 5.73 Å². The molecule has 0 aliphatic rings. The first-order valence-electron chi connectivity index (χ1n) is 7.56. The van der Waals surface area contributed by atoms with E-state index in [-0.39, 0.29) is 0 Å². The summed E-state index contributed by atoms with van der Waals surface area (Å²) in [5, 5.41) is 14.0. The van der Waals surface area contributed by atoms with E-state index in [9.17, 15) is 5.26 Å². The van der Waals surface area contributed by atoms with Crippen LogP contribution in [0.25, 0.3) is 16.9 Å². The Hall–Kier alpha value is -3.06. The second-order valence-electron chi connectivity index (χ2n) is 5.74. The molecule has 114 valence electrons. The summed E-state index contributed by atoms with van der Waals surface area (Å²) in [5.74, 6) is 0.827. The molecule has 4 heteroatoms. The molecular formula is C19H18N4. The molecule has 4 nitrogen and oxygen atoms in total. The lowest BCUT2D eigenvalue weighted by Crippen LogP contribution is -2.01. The van der Waals surface area contributed by atoms with Crippen LogP contribution in [0.2, 0.25) is 0 Å². The zero-order valence-electron chi connectivity index (χ0n) is 13.2. The summed E-state index contributed by atoms with van der Waals surface area (Å²) in [6.45, 7) is 4.30. The van der Waals surface area contributed by atoms with Crippen LogP contribution in [0.1, 0.15) is 30.9 Å². The monoisotopic (exact) mass is 302 g/mol. The van der Waals surface area contributed by atoms with E-state index in [2.05, 4.69) is 37.1 Å². The molecule has 0 fully saturated rings. The molecule has 0 aliphatic carbocycles. The minimum atomic E-state index is 0.363. The second-order valence-corrected chi connectivity index (χ2v) is 5.74. The molecule has 0 radical (unpaired) electrons. The fraction of sp³-hybridized carbons (Fsp3) is 0.158. The summed E-state index contributed by atoms with van der Waals surface area (Å²) < 4.78 is 1.62. The summed E-state index contributed by atoms with van der Waals surface area (Å²) >= 11 is 0. The van der Waals surface area contributed by atoms with Crippen LogP contribution in [0, 0.1) is 11.3 Å². The van der Waals surface area contributed by atoms with Crippen molar-refractivity contribution in [2.45, 2.75) is 19.8 Å². The van der Waals surface area contributed by atoms with Crippen molar-refractivity contribution in [1.82, 2.24) is 9.78 Å². The topological polar surface area (TPSA) is 67.6 Å². The van der Waals surface area contributed by atoms with Gasteiger partial charge in [0.25, 0.3) is 0 Å². The molecule has 0 unspecified atom stereocenters. The SMILES string of the molecule is CC(C)c1ccc(-c2nn(-c3ccccc3)c(N)c2C#N)cc1. The van der Waals surface area contributed by atoms with Gasteiger partial charge in [-0.2, -0.15) is 10.4 Å². The number of nitriles is 1. The normalized spacial score (nSPS) is 10.7. The molecule has 1 aromatic heterocycles. The van der Waals surface area contributed by atoms with Crippen molar-refractivity contribution in [1.29, 1.82) is 5.26 Å². The molecule has 23 heavy (non-hydrogen) atoms. The van der Waals surface area contributed by atoms with Gasteiger partial charge in [0.2, 0.25) is 0 Å². The van der Waals surface area contributed by atoms with Crippen LogP contribution in [-0.4, -0.2) is 9.78 Å². The molecule has 3 rings (SSSR count). The lowest BCUT2D eigenvalue weighted by molar-refractivity contribution is 0.866. The Bertz CT molecular complexity index is 853. The van der Waals surface area contributed by atoms with Gasteiger partial charge in [-0.05, 0) is 23.6 Å². The molecule has 0 saturated heterocycles. The van der Waals surface area contributed by atoms with Gasteiger partial charge in [0, 0.05) is 5.56 Å². The summed E-state index contributed by atoms with van der Waals surface area (Å²) in [4.78, 5) is 0. The van der Waals surface area contributed by atoms with Gasteiger partial charge >= 0.3 is 0 Å². The number of nitrogen functional groups attached to an aromatic ring is 1. The largest absolute Gasteiger partial charge is 0.382 e. The van der Waals surface area contributed by atoms with Crippen LogP contribution in [0.15, 0.2) is 54.6 Å². The summed E-state index contributed by atoms with van der Waals surface area (Å²) in [6, 6.07) is 19.9. The number of nitrogens with zero attached hydrogens (tertiary/aromatic N) is 3. The number of hydrogen-bond donors (Lipinski definition) is 1. The van der Waals surface area contributed by atoms with Crippen molar-refractivity contribution in [3.05, 3.63) is 65.7 Å². The number of benzene rings is 2. The van der Waals surface area contributed by atoms with E-state index < -0.39 is 0 Å². The van der Waals surface area contributed by atoms with Crippen molar-refractivity contribution in [3.63, 3.8) is 0 Å². The zero-order valence-corrected chi connectivity index (χ0v) is 13.2. The predicted octanol–water partition coefficient (Wildman–Crippen LogP) is 4.12. The number of hydrogen-bond acceptors (Lipinski definition) is 3. The van der Waals surface area contributed by atoms with Crippen molar-refractivity contribution < 1.29 is 0 Å². The maximum Gasteiger partial charge on any atom is 0.145 e. The first-order chi connectivity index (χ1) is 11.1. The quantitative estimate of drug-likeness (QED) is 0.791. The smallest absolute Gasteiger partial charge is 0.145 e. The van der Waals surface area contributed by atoms with E-state index >= 15 is 0 Å². The maximum absolute atomic E-state index is 9.48. The molecule has 0 amide bonds. The Morgan fingerprint density at radius 2 is 1.70 bits per heavy atom. The third-order valence-corrected chi connectivity index (χ3v) is 3.88. The molecule has 1 heterocycles. The Balaban J connectivity index is 2.11. The minimum absolute atomic E-state index is 0.363. The van der Waals surface area contributed by atoms with E-state index in [4.69, 9.17) is 5.73 Å².